The van der Waals surface area contributed by atoms with Gasteiger partial charge in [0.1, 0.15) is 11.6 Å². The fraction of sp³-hybridized carbons (Fsp3) is 0.235. The lowest BCUT2D eigenvalue weighted by atomic mass is 10.0. The van der Waals surface area contributed by atoms with Crippen LogP contribution >= 0.6 is 11.3 Å². The van der Waals surface area contributed by atoms with Gasteiger partial charge < -0.3 is 14.7 Å². The molecule has 1 atom stereocenters. The Kier molecular flexibility index (Phi) is 4.60. The van der Waals surface area contributed by atoms with Gasteiger partial charge in [-0.05, 0) is 40.9 Å². The van der Waals surface area contributed by atoms with E-state index < -0.39 is 5.56 Å². The Bertz CT molecular complexity index is 1010. The maximum atomic E-state index is 12.6. The van der Waals surface area contributed by atoms with Crippen molar-refractivity contribution in [1.29, 1.82) is 5.26 Å². The van der Waals surface area contributed by atoms with Gasteiger partial charge in [0.25, 0.3) is 11.1 Å². The first kappa shape index (κ1) is 16.2. The topological polar surface area (TPSA) is 98.9 Å². The van der Waals surface area contributed by atoms with E-state index in [1.807, 2.05) is 16.8 Å². The van der Waals surface area contributed by atoms with Crippen LogP contribution in [0.25, 0.3) is 10.9 Å². The first-order valence-corrected chi connectivity index (χ1v) is 8.35. The summed E-state index contributed by atoms with van der Waals surface area (Å²) in [5.41, 5.74) is 0.647. The van der Waals surface area contributed by atoms with Gasteiger partial charge in [-0.2, -0.15) is 16.6 Å². The van der Waals surface area contributed by atoms with Gasteiger partial charge in [-0.3, -0.25) is 9.59 Å². The summed E-state index contributed by atoms with van der Waals surface area (Å²) >= 11 is 1.59. The molecule has 3 rings (SSSR count). The van der Waals surface area contributed by atoms with E-state index in [4.69, 9.17) is 5.26 Å². The number of aromatic amines is 1. The molecule has 3 heterocycles. The number of nitrogens with one attached hydrogen (secondary N) is 1. The lowest BCUT2D eigenvalue weighted by molar-refractivity contribution is 0.209. The van der Waals surface area contributed by atoms with E-state index in [2.05, 4.69) is 4.98 Å². The lowest BCUT2D eigenvalue weighted by Gasteiger charge is -2.15. The first-order chi connectivity index (χ1) is 11.6. The Hall–Kier alpha value is -2.69. The highest BCUT2D eigenvalue weighted by atomic mass is 32.1. The van der Waals surface area contributed by atoms with Crippen LogP contribution in [0.1, 0.15) is 11.1 Å². The third-order valence-corrected chi connectivity index (χ3v) is 4.65. The predicted molar refractivity (Wildman–Crippen MR) is 92.1 cm³/mol. The summed E-state index contributed by atoms with van der Waals surface area (Å²) in [5.74, 6) is -0.0899. The monoisotopic (exact) mass is 341 g/mol. The average molecular weight is 341 g/mol. The summed E-state index contributed by atoms with van der Waals surface area (Å²) in [6, 6.07) is 6.74. The molecule has 0 bridgehead atoms. The van der Waals surface area contributed by atoms with E-state index >= 15 is 0 Å². The van der Waals surface area contributed by atoms with Crippen LogP contribution in [0.5, 0.6) is 0 Å². The standard InChI is InChI=1S/C17H15N3O3S/c18-7-13-6-14-15(19-16(13)22)1-3-20(17(14)23)8-12(9-21)5-11-2-4-24-10-11/h1-4,6,10,12,21H,5,8-9H2,(H,19,22). The molecular formula is C17H15N3O3S. The van der Waals surface area contributed by atoms with E-state index in [0.717, 1.165) is 5.56 Å². The van der Waals surface area contributed by atoms with Gasteiger partial charge in [0, 0.05) is 25.3 Å². The van der Waals surface area contributed by atoms with Gasteiger partial charge >= 0.3 is 0 Å². The minimum atomic E-state index is -0.507. The number of hydrogen-bond donors (Lipinski definition) is 2. The zero-order valence-electron chi connectivity index (χ0n) is 12.7. The molecule has 0 spiro atoms. The molecule has 3 aromatic rings. The van der Waals surface area contributed by atoms with Gasteiger partial charge in [0.15, 0.2) is 0 Å². The van der Waals surface area contributed by atoms with E-state index in [0.29, 0.717) is 23.9 Å². The zero-order valence-corrected chi connectivity index (χ0v) is 13.5. The highest BCUT2D eigenvalue weighted by molar-refractivity contribution is 7.07. The van der Waals surface area contributed by atoms with Crippen LogP contribution in [0, 0.1) is 17.2 Å². The van der Waals surface area contributed by atoms with Gasteiger partial charge in [0.05, 0.1) is 10.9 Å². The smallest absolute Gasteiger partial charge is 0.266 e. The third kappa shape index (κ3) is 3.15. The Labute approximate surface area is 141 Å². The number of aromatic nitrogens is 2. The second-order valence-electron chi connectivity index (χ2n) is 5.61. The molecule has 0 fully saturated rings. The van der Waals surface area contributed by atoms with Crippen molar-refractivity contribution in [3.05, 3.63) is 67.0 Å². The number of aliphatic hydroxyl groups is 1. The summed E-state index contributed by atoms with van der Waals surface area (Å²) < 4.78 is 1.51. The normalized spacial score (nSPS) is 12.2. The Morgan fingerprint density at radius 2 is 2.21 bits per heavy atom. The quantitative estimate of drug-likeness (QED) is 0.734. The summed E-state index contributed by atoms with van der Waals surface area (Å²) in [4.78, 5) is 26.8. The first-order valence-electron chi connectivity index (χ1n) is 7.41. The summed E-state index contributed by atoms with van der Waals surface area (Å²) in [5, 5.41) is 22.9. The van der Waals surface area contributed by atoms with Crippen molar-refractivity contribution in [3.8, 4) is 6.07 Å². The lowest BCUT2D eigenvalue weighted by Crippen LogP contribution is -2.27. The number of aliphatic hydroxyl groups excluding tert-OH is 1. The fourth-order valence-corrected chi connectivity index (χ4v) is 3.36. The number of pyridine rings is 2. The van der Waals surface area contributed by atoms with Gasteiger partial charge in [-0.25, -0.2) is 0 Å². The number of nitrogens with zero attached hydrogens (tertiary/aromatic N) is 2. The van der Waals surface area contributed by atoms with Crippen LogP contribution in [-0.4, -0.2) is 21.3 Å². The molecular weight excluding hydrogens is 326 g/mol. The van der Waals surface area contributed by atoms with E-state index in [1.165, 1.54) is 10.6 Å². The third-order valence-electron chi connectivity index (χ3n) is 3.92. The van der Waals surface area contributed by atoms with Crippen molar-refractivity contribution in [2.45, 2.75) is 13.0 Å². The zero-order chi connectivity index (χ0) is 17.1. The van der Waals surface area contributed by atoms with E-state index in [9.17, 15) is 14.7 Å². The molecule has 0 amide bonds. The van der Waals surface area contributed by atoms with Gasteiger partial charge in [-0.1, -0.05) is 0 Å². The highest BCUT2D eigenvalue weighted by Crippen LogP contribution is 2.14. The highest BCUT2D eigenvalue weighted by Gasteiger charge is 2.13. The maximum absolute atomic E-state index is 12.6. The second-order valence-corrected chi connectivity index (χ2v) is 6.39. The molecule has 0 radical (unpaired) electrons. The van der Waals surface area contributed by atoms with Crippen LogP contribution in [0.3, 0.4) is 0 Å². The van der Waals surface area contributed by atoms with Crippen molar-refractivity contribution >= 4 is 22.2 Å². The molecule has 7 heteroatoms. The fourth-order valence-electron chi connectivity index (χ4n) is 2.67. The minimum absolute atomic E-state index is 0.0323. The number of nitriles is 1. The number of rotatable bonds is 5. The molecule has 0 aliphatic carbocycles. The molecule has 0 saturated carbocycles. The number of H-pyrrole nitrogens is 1. The van der Waals surface area contributed by atoms with Crippen LogP contribution in [-0.2, 0) is 13.0 Å². The number of thiophene rings is 1. The Morgan fingerprint density at radius 3 is 2.88 bits per heavy atom. The molecule has 3 aromatic heterocycles. The molecule has 122 valence electrons. The number of fused-ring (bicyclic) bond motifs is 1. The summed E-state index contributed by atoms with van der Waals surface area (Å²) in [6.45, 7) is 0.331. The summed E-state index contributed by atoms with van der Waals surface area (Å²) in [7, 11) is 0. The largest absolute Gasteiger partial charge is 0.396 e. The minimum Gasteiger partial charge on any atom is -0.396 e. The van der Waals surface area contributed by atoms with Crippen molar-refractivity contribution in [1.82, 2.24) is 9.55 Å². The van der Waals surface area contributed by atoms with Gasteiger partial charge in [0.2, 0.25) is 0 Å². The molecule has 0 saturated heterocycles. The molecule has 0 aromatic carbocycles. The molecule has 0 aliphatic heterocycles. The van der Waals surface area contributed by atoms with E-state index in [1.54, 1.807) is 29.7 Å². The average Bonchev–Trinajstić information content (AvgIpc) is 3.09. The second kappa shape index (κ2) is 6.83. The Balaban J connectivity index is 1.96. The van der Waals surface area contributed by atoms with Crippen molar-refractivity contribution in [2.24, 2.45) is 5.92 Å². The summed E-state index contributed by atoms with van der Waals surface area (Å²) in [6.07, 6.45) is 2.28. The number of hydrogen-bond acceptors (Lipinski definition) is 5. The molecule has 1 unspecified atom stereocenters. The van der Waals surface area contributed by atoms with Crippen molar-refractivity contribution < 1.29 is 5.11 Å². The molecule has 0 aliphatic rings. The van der Waals surface area contributed by atoms with Crippen molar-refractivity contribution in [3.63, 3.8) is 0 Å². The maximum Gasteiger partial charge on any atom is 0.266 e. The van der Waals surface area contributed by atoms with E-state index in [-0.39, 0.29) is 23.6 Å². The van der Waals surface area contributed by atoms with Crippen LogP contribution in [0.15, 0.2) is 44.7 Å². The van der Waals surface area contributed by atoms with Gasteiger partial charge in [-0.15, -0.1) is 0 Å². The van der Waals surface area contributed by atoms with Crippen LogP contribution in [0.2, 0.25) is 0 Å². The SMILES string of the molecule is N#Cc1cc2c(=O)n(CC(CO)Cc3ccsc3)ccc2[nH]c1=O. The van der Waals surface area contributed by atoms with Crippen LogP contribution in [0.4, 0.5) is 0 Å². The molecule has 24 heavy (non-hydrogen) atoms. The van der Waals surface area contributed by atoms with Crippen molar-refractivity contribution in [2.75, 3.05) is 6.61 Å². The molecule has 6 nitrogen and oxygen atoms in total. The van der Waals surface area contributed by atoms with Crippen LogP contribution < -0.4 is 11.1 Å². The molecule has 2 N–H and O–H groups in total. The predicted octanol–water partition coefficient (Wildman–Crippen LogP) is 1.47. The Morgan fingerprint density at radius 1 is 1.38 bits per heavy atom.